The molecule has 1 unspecified atom stereocenters. The van der Waals surface area contributed by atoms with Gasteiger partial charge in [0.15, 0.2) is 27.2 Å². The quantitative estimate of drug-likeness (QED) is 0.615. The highest BCUT2D eigenvalue weighted by molar-refractivity contribution is 7.91. The Labute approximate surface area is 194 Å². The molecule has 1 aromatic carbocycles. The number of hydrogen-bond acceptors (Lipinski definition) is 9. The van der Waals surface area contributed by atoms with Gasteiger partial charge in [0.1, 0.15) is 17.0 Å². The molecule has 0 amide bonds. The first-order valence-electron chi connectivity index (χ1n) is 11.2. The fourth-order valence-corrected chi connectivity index (χ4v) is 5.00. The van der Waals surface area contributed by atoms with Gasteiger partial charge in [-0.25, -0.2) is 18.4 Å². The fourth-order valence-electron chi connectivity index (χ4n) is 4.51. The van der Waals surface area contributed by atoms with Crippen molar-refractivity contribution in [1.82, 2.24) is 15.3 Å². The summed E-state index contributed by atoms with van der Waals surface area (Å²) in [7, 11) is -3.51. The number of nitrogens with one attached hydrogen (secondary N) is 1. The summed E-state index contributed by atoms with van der Waals surface area (Å²) in [6.45, 7) is 7.52. The Hall–Kier alpha value is -2.27. The second-order valence-electron chi connectivity index (χ2n) is 9.76. The molecule has 4 heterocycles. The SMILES string of the molecule is C[C@@H]1COC[C@H]2COc3c(nc(-c4cccc(C5(CO)CN5)c4)nc3C(C)(C)S(C)(=O)=O)N21. The highest BCUT2D eigenvalue weighted by Gasteiger charge is 2.45. The summed E-state index contributed by atoms with van der Waals surface area (Å²) in [5.41, 5.74) is 1.62. The summed E-state index contributed by atoms with van der Waals surface area (Å²) in [6.07, 6.45) is 1.22. The van der Waals surface area contributed by atoms with E-state index in [0.717, 1.165) is 11.1 Å². The van der Waals surface area contributed by atoms with Crippen LogP contribution in [0.2, 0.25) is 0 Å². The van der Waals surface area contributed by atoms with Gasteiger partial charge in [0.2, 0.25) is 0 Å². The van der Waals surface area contributed by atoms with Gasteiger partial charge in [-0.1, -0.05) is 18.2 Å². The molecule has 5 rings (SSSR count). The van der Waals surface area contributed by atoms with E-state index < -0.39 is 20.1 Å². The predicted octanol–water partition coefficient (Wildman–Crippen LogP) is 1.20. The summed E-state index contributed by atoms with van der Waals surface area (Å²) < 4.78 is 36.1. The van der Waals surface area contributed by atoms with Crippen molar-refractivity contribution < 1.29 is 23.0 Å². The molecule has 0 aliphatic carbocycles. The molecule has 3 aliphatic rings. The maximum atomic E-state index is 12.8. The number of anilines is 1. The fraction of sp³-hybridized carbons (Fsp3) is 0.565. The van der Waals surface area contributed by atoms with E-state index in [1.807, 2.05) is 24.3 Å². The lowest BCUT2D eigenvalue weighted by molar-refractivity contribution is 0.0482. The maximum Gasteiger partial charge on any atom is 0.185 e. The van der Waals surface area contributed by atoms with Crippen LogP contribution in [-0.4, -0.2) is 74.8 Å². The van der Waals surface area contributed by atoms with E-state index in [4.69, 9.17) is 19.4 Å². The summed E-state index contributed by atoms with van der Waals surface area (Å²) in [5, 5.41) is 13.1. The molecule has 3 aliphatic heterocycles. The van der Waals surface area contributed by atoms with Crippen LogP contribution in [0.15, 0.2) is 24.3 Å². The third-order valence-corrected chi connectivity index (χ3v) is 9.14. The Morgan fingerprint density at radius 3 is 2.70 bits per heavy atom. The number of aliphatic hydroxyl groups excluding tert-OH is 1. The molecule has 178 valence electrons. The van der Waals surface area contributed by atoms with Gasteiger partial charge in [0.05, 0.1) is 37.4 Å². The van der Waals surface area contributed by atoms with Gasteiger partial charge >= 0.3 is 0 Å². The second-order valence-corrected chi connectivity index (χ2v) is 12.3. The number of rotatable bonds is 5. The number of aromatic nitrogens is 2. The molecule has 33 heavy (non-hydrogen) atoms. The number of benzene rings is 1. The Bertz CT molecular complexity index is 1200. The van der Waals surface area contributed by atoms with Crippen LogP contribution < -0.4 is 15.0 Å². The number of sulfone groups is 1. The first kappa shape index (κ1) is 22.5. The summed E-state index contributed by atoms with van der Waals surface area (Å²) in [6, 6.07) is 7.78. The lowest BCUT2D eigenvalue weighted by Gasteiger charge is -2.45. The van der Waals surface area contributed by atoms with E-state index in [1.54, 1.807) is 13.8 Å². The molecule has 2 fully saturated rings. The Balaban J connectivity index is 1.71. The van der Waals surface area contributed by atoms with E-state index >= 15 is 0 Å². The van der Waals surface area contributed by atoms with Gasteiger partial charge in [0.25, 0.3) is 0 Å². The van der Waals surface area contributed by atoms with Gasteiger partial charge in [-0.15, -0.1) is 0 Å². The monoisotopic (exact) mass is 474 g/mol. The Kier molecular flexibility index (Phi) is 5.20. The molecule has 1 aromatic heterocycles. The highest BCUT2D eigenvalue weighted by atomic mass is 32.2. The Morgan fingerprint density at radius 2 is 2.03 bits per heavy atom. The zero-order valence-electron chi connectivity index (χ0n) is 19.3. The van der Waals surface area contributed by atoms with E-state index in [1.165, 1.54) is 6.26 Å². The first-order valence-corrected chi connectivity index (χ1v) is 13.0. The molecule has 0 saturated carbocycles. The zero-order chi connectivity index (χ0) is 23.6. The molecule has 0 spiro atoms. The second kappa shape index (κ2) is 7.63. The molecule has 0 radical (unpaired) electrons. The van der Waals surface area contributed by atoms with E-state index in [2.05, 4.69) is 17.1 Å². The van der Waals surface area contributed by atoms with Gasteiger partial charge < -0.3 is 24.8 Å². The van der Waals surface area contributed by atoms with Crippen molar-refractivity contribution in [2.45, 2.75) is 43.1 Å². The van der Waals surface area contributed by atoms with Gasteiger partial charge in [-0.05, 0) is 32.4 Å². The number of nitrogens with zero attached hydrogens (tertiary/aromatic N) is 3. The van der Waals surface area contributed by atoms with Gasteiger partial charge in [-0.2, -0.15) is 0 Å². The summed E-state index contributed by atoms with van der Waals surface area (Å²) in [4.78, 5) is 11.8. The van der Waals surface area contributed by atoms with Crippen LogP contribution in [0, 0.1) is 0 Å². The van der Waals surface area contributed by atoms with Crippen molar-refractivity contribution in [2.75, 3.05) is 44.1 Å². The number of hydrogen-bond donors (Lipinski definition) is 2. The maximum absolute atomic E-state index is 12.8. The minimum absolute atomic E-state index is 0.00199. The molecule has 10 heteroatoms. The number of morpholine rings is 1. The molecular weight excluding hydrogens is 444 g/mol. The molecule has 9 nitrogen and oxygen atoms in total. The first-order chi connectivity index (χ1) is 15.6. The number of fused-ring (bicyclic) bond motifs is 3. The smallest absolute Gasteiger partial charge is 0.185 e. The summed E-state index contributed by atoms with van der Waals surface area (Å²) in [5.74, 6) is 1.45. The van der Waals surface area contributed by atoms with Crippen molar-refractivity contribution in [3.63, 3.8) is 0 Å². The highest BCUT2D eigenvalue weighted by Crippen LogP contribution is 2.44. The third kappa shape index (κ3) is 3.60. The van der Waals surface area contributed by atoms with E-state index in [-0.39, 0.29) is 18.7 Å². The number of ether oxygens (including phenoxy) is 2. The minimum Gasteiger partial charge on any atom is -0.486 e. The average molecular weight is 475 g/mol. The van der Waals surface area contributed by atoms with Gasteiger partial charge in [-0.3, -0.25) is 0 Å². The zero-order valence-corrected chi connectivity index (χ0v) is 20.1. The minimum atomic E-state index is -3.51. The third-order valence-electron chi connectivity index (χ3n) is 7.09. The van der Waals surface area contributed by atoms with Crippen molar-refractivity contribution in [3.05, 3.63) is 35.5 Å². The predicted molar refractivity (Wildman–Crippen MR) is 124 cm³/mol. The average Bonchev–Trinajstić information content (AvgIpc) is 3.59. The molecule has 2 saturated heterocycles. The normalized spacial score (nSPS) is 26.9. The molecule has 2 N–H and O–H groups in total. The van der Waals surface area contributed by atoms with Crippen LogP contribution in [0.3, 0.4) is 0 Å². The van der Waals surface area contributed by atoms with Crippen LogP contribution in [0.4, 0.5) is 5.82 Å². The van der Waals surface area contributed by atoms with Crippen LogP contribution in [0.5, 0.6) is 5.75 Å². The van der Waals surface area contributed by atoms with Crippen LogP contribution in [0.1, 0.15) is 32.0 Å². The number of aliphatic hydroxyl groups is 1. The van der Waals surface area contributed by atoms with Crippen LogP contribution in [-0.2, 0) is 24.9 Å². The van der Waals surface area contributed by atoms with E-state index in [9.17, 15) is 13.5 Å². The van der Waals surface area contributed by atoms with Crippen molar-refractivity contribution >= 4 is 15.7 Å². The largest absolute Gasteiger partial charge is 0.486 e. The van der Waals surface area contributed by atoms with E-state index in [0.29, 0.717) is 49.5 Å². The van der Waals surface area contributed by atoms with Crippen molar-refractivity contribution in [3.8, 4) is 17.1 Å². The van der Waals surface area contributed by atoms with Crippen molar-refractivity contribution in [1.29, 1.82) is 0 Å². The standard InChI is InChI=1S/C23H30N4O5S/c1-14-9-31-10-17-11-32-18-19(22(2,3)33(4,29)30)25-20(26-21(18)27(14)17)15-6-5-7-16(8-15)23(13-28)12-24-23/h5-8,14,17,24,28H,9-13H2,1-4H3/t14-,17+,23?/m1/s1. The van der Waals surface area contributed by atoms with Crippen LogP contribution in [0.25, 0.3) is 11.4 Å². The molecular formula is C23H30N4O5S. The molecule has 2 aromatic rings. The lowest BCUT2D eigenvalue weighted by atomic mass is 9.97. The molecule has 3 atom stereocenters. The van der Waals surface area contributed by atoms with Crippen LogP contribution >= 0.6 is 0 Å². The summed E-state index contributed by atoms with van der Waals surface area (Å²) >= 11 is 0. The Morgan fingerprint density at radius 1 is 1.27 bits per heavy atom. The topological polar surface area (TPSA) is 124 Å². The molecule has 0 bridgehead atoms. The lowest BCUT2D eigenvalue weighted by Crippen LogP contribution is -2.56. The van der Waals surface area contributed by atoms with Crippen molar-refractivity contribution in [2.24, 2.45) is 0 Å². The van der Waals surface area contributed by atoms with Gasteiger partial charge in [0, 0.05) is 18.4 Å².